The second-order valence-corrected chi connectivity index (χ2v) is 8.81. The first kappa shape index (κ1) is 18.2. The molecule has 0 spiro atoms. The molecule has 0 fully saturated rings. The fourth-order valence-corrected chi connectivity index (χ4v) is 4.99. The van der Waals surface area contributed by atoms with Gasteiger partial charge in [-0.15, -0.1) is 11.3 Å². The third-order valence-corrected chi connectivity index (χ3v) is 6.70. The van der Waals surface area contributed by atoms with Crippen LogP contribution >= 0.6 is 39.0 Å². The summed E-state index contributed by atoms with van der Waals surface area (Å²) in [5, 5.41) is 2.95. The Labute approximate surface area is 173 Å². The van der Waals surface area contributed by atoms with Crippen molar-refractivity contribution in [3.05, 3.63) is 82.6 Å². The molecule has 0 aliphatic heterocycles. The lowest BCUT2D eigenvalue weighted by Crippen LogP contribution is -2.12. The number of thiazole rings is 1. The molecule has 1 amide bonds. The van der Waals surface area contributed by atoms with Gasteiger partial charge >= 0.3 is 0 Å². The third kappa shape index (κ3) is 4.37. The molecule has 27 heavy (non-hydrogen) atoms. The van der Waals surface area contributed by atoms with Crippen molar-refractivity contribution < 1.29 is 4.79 Å². The number of carbonyl (C=O) groups is 1. The SMILES string of the molecule is O=C(Nc1ccc2nc(SCc3ccccn3)sc2c1)c1ccccc1Br. The van der Waals surface area contributed by atoms with Crippen LogP contribution in [-0.4, -0.2) is 15.9 Å². The Morgan fingerprint density at radius 2 is 1.96 bits per heavy atom. The molecule has 134 valence electrons. The van der Waals surface area contributed by atoms with E-state index in [0.29, 0.717) is 5.56 Å². The van der Waals surface area contributed by atoms with E-state index in [1.54, 1.807) is 35.4 Å². The predicted molar refractivity (Wildman–Crippen MR) is 116 cm³/mol. The summed E-state index contributed by atoms with van der Waals surface area (Å²) in [5.41, 5.74) is 3.33. The second-order valence-electron chi connectivity index (χ2n) is 5.71. The van der Waals surface area contributed by atoms with E-state index < -0.39 is 0 Å². The molecule has 4 rings (SSSR count). The fraction of sp³-hybridized carbons (Fsp3) is 0.0500. The number of aromatic nitrogens is 2. The molecule has 1 N–H and O–H groups in total. The van der Waals surface area contributed by atoms with E-state index in [1.165, 1.54) is 0 Å². The highest BCUT2D eigenvalue weighted by molar-refractivity contribution is 9.10. The van der Waals surface area contributed by atoms with Gasteiger partial charge in [-0.3, -0.25) is 9.78 Å². The van der Waals surface area contributed by atoms with E-state index in [-0.39, 0.29) is 5.91 Å². The Morgan fingerprint density at radius 3 is 2.78 bits per heavy atom. The lowest BCUT2D eigenvalue weighted by atomic mass is 10.2. The minimum Gasteiger partial charge on any atom is -0.322 e. The lowest BCUT2D eigenvalue weighted by molar-refractivity contribution is 0.102. The number of anilines is 1. The van der Waals surface area contributed by atoms with E-state index in [1.807, 2.05) is 54.6 Å². The molecule has 0 radical (unpaired) electrons. The van der Waals surface area contributed by atoms with Gasteiger partial charge in [-0.05, 0) is 58.4 Å². The molecule has 0 saturated heterocycles. The number of amides is 1. The summed E-state index contributed by atoms with van der Waals surface area (Å²) in [6.07, 6.45) is 1.80. The van der Waals surface area contributed by atoms with Crippen molar-refractivity contribution in [1.82, 2.24) is 9.97 Å². The summed E-state index contributed by atoms with van der Waals surface area (Å²) in [7, 11) is 0. The quantitative estimate of drug-likeness (QED) is 0.375. The van der Waals surface area contributed by atoms with Crippen molar-refractivity contribution in [1.29, 1.82) is 0 Å². The van der Waals surface area contributed by atoms with Crippen LogP contribution in [0.15, 0.2) is 75.7 Å². The lowest BCUT2D eigenvalue weighted by Gasteiger charge is -2.06. The van der Waals surface area contributed by atoms with Gasteiger partial charge in [0.25, 0.3) is 5.91 Å². The zero-order valence-corrected chi connectivity index (χ0v) is 17.3. The number of benzene rings is 2. The van der Waals surface area contributed by atoms with Crippen LogP contribution in [0.3, 0.4) is 0 Å². The van der Waals surface area contributed by atoms with Crippen molar-refractivity contribution in [3.63, 3.8) is 0 Å². The molecule has 0 unspecified atom stereocenters. The van der Waals surface area contributed by atoms with Gasteiger partial charge in [0.15, 0.2) is 4.34 Å². The highest BCUT2D eigenvalue weighted by atomic mass is 79.9. The number of fused-ring (bicyclic) bond motifs is 1. The minimum atomic E-state index is -0.143. The summed E-state index contributed by atoms with van der Waals surface area (Å²) in [6.45, 7) is 0. The van der Waals surface area contributed by atoms with Gasteiger partial charge < -0.3 is 5.32 Å². The van der Waals surface area contributed by atoms with Crippen LogP contribution in [0.25, 0.3) is 10.2 Å². The zero-order valence-electron chi connectivity index (χ0n) is 14.1. The molecular formula is C20H14BrN3OS2. The number of nitrogens with one attached hydrogen (secondary N) is 1. The average Bonchev–Trinajstić information content (AvgIpc) is 3.10. The number of thioether (sulfide) groups is 1. The first-order chi connectivity index (χ1) is 13.2. The number of halogens is 1. The topological polar surface area (TPSA) is 54.9 Å². The highest BCUT2D eigenvalue weighted by Gasteiger charge is 2.11. The summed E-state index contributed by atoms with van der Waals surface area (Å²) in [5.74, 6) is 0.642. The Kier molecular flexibility index (Phi) is 5.52. The monoisotopic (exact) mass is 455 g/mol. The molecule has 2 aromatic carbocycles. The Balaban J connectivity index is 1.49. The van der Waals surface area contributed by atoms with Gasteiger partial charge in [0.2, 0.25) is 0 Å². The molecule has 4 aromatic rings. The van der Waals surface area contributed by atoms with E-state index in [4.69, 9.17) is 0 Å². The Morgan fingerprint density at radius 1 is 1.11 bits per heavy atom. The van der Waals surface area contributed by atoms with Crippen molar-refractivity contribution >= 4 is 60.8 Å². The van der Waals surface area contributed by atoms with Crippen LogP contribution in [-0.2, 0) is 5.75 Å². The maximum absolute atomic E-state index is 12.5. The summed E-state index contributed by atoms with van der Waals surface area (Å²) < 4.78 is 2.81. The maximum atomic E-state index is 12.5. The van der Waals surface area contributed by atoms with Gasteiger partial charge in [-0.25, -0.2) is 4.98 Å². The number of hydrogen-bond acceptors (Lipinski definition) is 5. The number of nitrogens with zero attached hydrogens (tertiary/aromatic N) is 2. The normalized spacial score (nSPS) is 10.9. The van der Waals surface area contributed by atoms with Crippen LogP contribution in [0.1, 0.15) is 16.1 Å². The molecule has 7 heteroatoms. The number of hydrogen-bond donors (Lipinski definition) is 1. The summed E-state index contributed by atoms with van der Waals surface area (Å²) >= 11 is 6.70. The van der Waals surface area contributed by atoms with Crippen molar-refractivity contribution in [3.8, 4) is 0 Å². The van der Waals surface area contributed by atoms with Gasteiger partial charge in [0.1, 0.15) is 0 Å². The molecule has 0 aliphatic carbocycles. The molecule has 0 bridgehead atoms. The van der Waals surface area contributed by atoms with Crippen LogP contribution in [0.2, 0.25) is 0 Å². The van der Waals surface area contributed by atoms with E-state index in [2.05, 4.69) is 31.2 Å². The van der Waals surface area contributed by atoms with Crippen LogP contribution in [0.4, 0.5) is 5.69 Å². The summed E-state index contributed by atoms with van der Waals surface area (Å²) in [4.78, 5) is 21.5. The fourth-order valence-electron chi connectivity index (χ4n) is 2.51. The molecule has 0 atom stereocenters. The standard InChI is InChI=1S/C20H14BrN3OS2/c21-16-7-2-1-6-15(16)19(25)23-13-8-9-17-18(11-13)27-20(24-17)26-12-14-5-3-4-10-22-14/h1-11H,12H2,(H,23,25). The maximum Gasteiger partial charge on any atom is 0.256 e. The Hall–Kier alpha value is -2.22. The minimum absolute atomic E-state index is 0.143. The van der Waals surface area contributed by atoms with Crippen molar-refractivity contribution in [2.45, 2.75) is 10.1 Å². The van der Waals surface area contributed by atoms with Gasteiger partial charge in [-0.2, -0.15) is 0 Å². The van der Waals surface area contributed by atoms with E-state index in [9.17, 15) is 4.79 Å². The smallest absolute Gasteiger partial charge is 0.256 e. The highest BCUT2D eigenvalue weighted by Crippen LogP contribution is 2.32. The van der Waals surface area contributed by atoms with Crippen LogP contribution in [0.5, 0.6) is 0 Å². The second kappa shape index (κ2) is 8.21. The largest absolute Gasteiger partial charge is 0.322 e. The number of rotatable bonds is 5. The van der Waals surface area contributed by atoms with Crippen LogP contribution in [0, 0.1) is 0 Å². The van der Waals surface area contributed by atoms with Gasteiger partial charge in [0.05, 0.1) is 21.5 Å². The summed E-state index contributed by atoms with van der Waals surface area (Å²) in [6, 6.07) is 19.1. The number of pyridine rings is 1. The van der Waals surface area contributed by atoms with Gasteiger partial charge in [0, 0.05) is 22.1 Å². The first-order valence-electron chi connectivity index (χ1n) is 8.18. The van der Waals surface area contributed by atoms with Crippen molar-refractivity contribution in [2.24, 2.45) is 0 Å². The average molecular weight is 456 g/mol. The third-order valence-electron chi connectivity index (χ3n) is 3.81. The molecule has 2 heterocycles. The Bertz CT molecular complexity index is 1100. The molecule has 0 aliphatic rings. The molecular weight excluding hydrogens is 442 g/mol. The van der Waals surface area contributed by atoms with E-state index >= 15 is 0 Å². The molecule has 2 aromatic heterocycles. The molecule has 0 saturated carbocycles. The van der Waals surface area contributed by atoms with Crippen LogP contribution < -0.4 is 5.32 Å². The van der Waals surface area contributed by atoms with Gasteiger partial charge in [-0.1, -0.05) is 30.0 Å². The van der Waals surface area contributed by atoms with E-state index in [0.717, 1.165) is 36.2 Å². The first-order valence-corrected chi connectivity index (χ1v) is 10.8. The number of carbonyl (C=O) groups excluding carboxylic acids is 1. The predicted octanol–water partition coefficient (Wildman–Crippen LogP) is 6.00. The molecule has 4 nitrogen and oxygen atoms in total. The zero-order chi connectivity index (χ0) is 18.6. The van der Waals surface area contributed by atoms with Crippen molar-refractivity contribution in [2.75, 3.05) is 5.32 Å².